The Bertz CT molecular complexity index is 671. The summed E-state index contributed by atoms with van der Waals surface area (Å²) in [6, 6.07) is 5.86. The molecule has 0 aromatic heterocycles. The second-order valence-corrected chi connectivity index (χ2v) is 6.46. The number of carbonyl (C=O) groups is 2. The van der Waals surface area contributed by atoms with Gasteiger partial charge in [0.1, 0.15) is 0 Å². The van der Waals surface area contributed by atoms with E-state index < -0.39 is 21.8 Å². The fourth-order valence-electron chi connectivity index (χ4n) is 1.57. The third kappa shape index (κ3) is 5.74. The Balaban J connectivity index is 2.95. The average molecular weight is 341 g/mol. The standard InChI is InChI=1S/C15H19NO6S/c1-4-21-14(17)13(15(18)22-5-2)10-16-11-6-8-12(9-7-11)23(3,19)20/h6-10,16H,4-5H2,1-3H3. The van der Waals surface area contributed by atoms with E-state index in [4.69, 9.17) is 9.47 Å². The minimum absolute atomic E-state index is 0.124. The van der Waals surface area contributed by atoms with E-state index in [0.29, 0.717) is 5.69 Å². The van der Waals surface area contributed by atoms with E-state index in [9.17, 15) is 18.0 Å². The molecule has 0 atom stereocenters. The van der Waals surface area contributed by atoms with E-state index in [-0.39, 0.29) is 23.7 Å². The largest absolute Gasteiger partial charge is 0.462 e. The van der Waals surface area contributed by atoms with Gasteiger partial charge in [-0.3, -0.25) is 0 Å². The molecule has 0 aliphatic rings. The third-order valence-electron chi connectivity index (χ3n) is 2.66. The molecule has 7 nitrogen and oxygen atoms in total. The van der Waals surface area contributed by atoms with E-state index in [2.05, 4.69) is 5.32 Å². The highest BCUT2D eigenvalue weighted by Crippen LogP contribution is 2.14. The number of sulfone groups is 1. The molecule has 0 unspecified atom stereocenters. The highest BCUT2D eigenvalue weighted by Gasteiger charge is 2.20. The van der Waals surface area contributed by atoms with Gasteiger partial charge in [-0.15, -0.1) is 0 Å². The van der Waals surface area contributed by atoms with E-state index >= 15 is 0 Å². The zero-order valence-corrected chi connectivity index (χ0v) is 14.0. The molecule has 0 amide bonds. The van der Waals surface area contributed by atoms with Gasteiger partial charge in [-0.2, -0.15) is 0 Å². The molecule has 0 spiro atoms. The van der Waals surface area contributed by atoms with Crippen LogP contribution in [0, 0.1) is 0 Å². The first-order valence-corrected chi connectivity index (χ1v) is 8.79. The van der Waals surface area contributed by atoms with E-state index in [1.165, 1.54) is 30.5 Å². The molecule has 1 aromatic carbocycles. The van der Waals surface area contributed by atoms with E-state index in [0.717, 1.165) is 6.26 Å². The maximum absolute atomic E-state index is 11.8. The molecule has 1 rings (SSSR count). The van der Waals surface area contributed by atoms with E-state index in [1.807, 2.05) is 0 Å². The maximum atomic E-state index is 11.8. The lowest BCUT2D eigenvalue weighted by Crippen LogP contribution is -2.19. The van der Waals surface area contributed by atoms with Crippen molar-refractivity contribution in [2.75, 3.05) is 24.8 Å². The fraction of sp³-hybridized carbons (Fsp3) is 0.333. The van der Waals surface area contributed by atoms with Crippen LogP contribution < -0.4 is 5.32 Å². The normalized spacial score (nSPS) is 10.6. The molecular weight excluding hydrogens is 322 g/mol. The van der Waals surface area contributed by atoms with Gasteiger partial charge in [0.05, 0.1) is 18.1 Å². The van der Waals surface area contributed by atoms with Crippen LogP contribution in [-0.2, 0) is 28.9 Å². The molecular formula is C15H19NO6S. The fourth-order valence-corrected chi connectivity index (χ4v) is 2.20. The Labute approximate surface area is 135 Å². The predicted molar refractivity (Wildman–Crippen MR) is 84.5 cm³/mol. The Morgan fingerprint density at radius 2 is 1.52 bits per heavy atom. The van der Waals surface area contributed by atoms with Crippen molar-refractivity contribution in [3.63, 3.8) is 0 Å². The summed E-state index contributed by atoms with van der Waals surface area (Å²) in [6.45, 7) is 3.49. The topological polar surface area (TPSA) is 98.8 Å². The SMILES string of the molecule is CCOC(=O)C(=CNc1ccc(S(C)(=O)=O)cc1)C(=O)OCC. The molecule has 1 N–H and O–H groups in total. The third-order valence-corrected chi connectivity index (χ3v) is 3.78. The minimum Gasteiger partial charge on any atom is -0.462 e. The summed E-state index contributed by atoms with van der Waals surface area (Å²) in [4.78, 5) is 23.7. The molecule has 0 radical (unpaired) electrons. The molecule has 0 fully saturated rings. The highest BCUT2D eigenvalue weighted by atomic mass is 32.2. The van der Waals surface area contributed by atoms with Crippen molar-refractivity contribution in [1.82, 2.24) is 0 Å². The molecule has 8 heteroatoms. The molecule has 126 valence electrons. The van der Waals surface area contributed by atoms with Crippen LogP contribution >= 0.6 is 0 Å². The zero-order valence-electron chi connectivity index (χ0n) is 13.2. The van der Waals surface area contributed by atoms with Crippen LogP contribution in [0.25, 0.3) is 0 Å². The number of benzene rings is 1. The average Bonchev–Trinajstić information content (AvgIpc) is 2.47. The summed E-state index contributed by atoms with van der Waals surface area (Å²) in [5.74, 6) is -1.60. The second kappa shape index (κ2) is 8.33. The molecule has 0 bridgehead atoms. The van der Waals surface area contributed by atoms with Crippen molar-refractivity contribution >= 4 is 27.5 Å². The first kappa shape index (κ1) is 18.7. The Hall–Kier alpha value is -2.35. The van der Waals surface area contributed by atoms with Gasteiger partial charge in [0.15, 0.2) is 15.4 Å². The van der Waals surface area contributed by atoms with Crippen LogP contribution in [0.1, 0.15) is 13.8 Å². The van der Waals surface area contributed by atoms with Crippen molar-refractivity contribution < 1.29 is 27.5 Å². The van der Waals surface area contributed by atoms with Crippen LogP contribution in [0.2, 0.25) is 0 Å². The van der Waals surface area contributed by atoms with Gasteiger partial charge in [0.2, 0.25) is 0 Å². The monoisotopic (exact) mass is 341 g/mol. The number of nitrogens with one attached hydrogen (secondary N) is 1. The predicted octanol–water partition coefficient (Wildman–Crippen LogP) is 1.51. The van der Waals surface area contributed by atoms with Crippen LogP contribution in [0.5, 0.6) is 0 Å². The van der Waals surface area contributed by atoms with Gasteiger partial charge >= 0.3 is 11.9 Å². The summed E-state index contributed by atoms with van der Waals surface area (Å²) in [6.07, 6.45) is 2.28. The number of ether oxygens (including phenoxy) is 2. The molecule has 1 aromatic rings. The van der Waals surface area contributed by atoms with Crippen LogP contribution in [0.3, 0.4) is 0 Å². The number of anilines is 1. The molecule has 0 saturated heterocycles. The van der Waals surface area contributed by atoms with Gasteiger partial charge in [-0.1, -0.05) is 0 Å². The number of carbonyl (C=O) groups excluding carboxylic acids is 2. The lowest BCUT2D eigenvalue weighted by Gasteiger charge is -2.08. The number of rotatable bonds is 7. The summed E-state index contributed by atoms with van der Waals surface area (Å²) in [5, 5.41) is 2.74. The summed E-state index contributed by atoms with van der Waals surface area (Å²) in [5.41, 5.74) is 0.226. The van der Waals surface area contributed by atoms with Crippen molar-refractivity contribution in [3.05, 3.63) is 36.0 Å². The van der Waals surface area contributed by atoms with Gasteiger partial charge in [-0.25, -0.2) is 18.0 Å². The molecule has 0 aliphatic carbocycles. The summed E-state index contributed by atoms with van der Waals surface area (Å²) >= 11 is 0. The van der Waals surface area contributed by atoms with Gasteiger partial charge in [0, 0.05) is 18.1 Å². The quantitative estimate of drug-likeness (QED) is 0.347. The number of hydrogen-bond acceptors (Lipinski definition) is 7. The van der Waals surface area contributed by atoms with Crippen molar-refractivity contribution in [2.45, 2.75) is 18.7 Å². The second-order valence-electron chi connectivity index (χ2n) is 4.44. The Kier molecular flexibility index (Phi) is 6.77. The summed E-state index contributed by atoms with van der Waals surface area (Å²) in [7, 11) is -3.28. The molecule has 0 heterocycles. The van der Waals surface area contributed by atoms with Gasteiger partial charge in [-0.05, 0) is 38.1 Å². The minimum atomic E-state index is -3.28. The first-order valence-electron chi connectivity index (χ1n) is 6.90. The van der Waals surface area contributed by atoms with E-state index in [1.54, 1.807) is 13.8 Å². The number of hydrogen-bond donors (Lipinski definition) is 1. The number of esters is 2. The summed E-state index contributed by atoms with van der Waals surface area (Å²) < 4.78 is 32.3. The van der Waals surface area contributed by atoms with Gasteiger partial charge in [0.25, 0.3) is 0 Å². The smallest absolute Gasteiger partial charge is 0.347 e. The zero-order chi connectivity index (χ0) is 17.5. The van der Waals surface area contributed by atoms with Crippen LogP contribution in [0.15, 0.2) is 40.9 Å². The van der Waals surface area contributed by atoms with Crippen molar-refractivity contribution in [1.29, 1.82) is 0 Å². The van der Waals surface area contributed by atoms with Crippen molar-refractivity contribution in [2.24, 2.45) is 0 Å². The van der Waals surface area contributed by atoms with Crippen LogP contribution in [0.4, 0.5) is 5.69 Å². The molecule has 0 saturated carbocycles. The Morgan fingerprint density at radius 1 is 1.04 bits per heavy atom. The lowest BCUT2D eigenvalue weighted by atomic mass is 10.2. The lowest BCUT2D eigenvalue weighted by molar-refractivity contribution is -0.146. The van der Waals surface area contributed by atoms with Crippen LogP contribution in [-0.4, -0.2) is 39.8 Å². The molecule has 23 heavy (non-hydrogen) atoms. The molecule has 0 aliphatic heterocycles. The Morgan fingerprint density at radius 3 is 1.91 bits per heavy atom. The maximum Gasteiger partial charge on any atom is 0.347 e. The van der Waals surface area contributed by atoms with Gasteiger partial charge < -0.3 is 14.8 Å². The highest BCUT2D eigenvalue weighted by molar-refractivity contribution is 7.90. The van der Waals surface area contributed by atoms with Crippen molar-refractivity contribution in [3.8, 4) is 0 Å². The first-order chi connectivity index (χ1) is 10.8.